The third kappa shape index (κ3) is 3.94. The lowest BCUT2D eigenvalue weighted by Gasteiger charge is -2.17. The molecule has 0 bridgehead atoms. The Kier molecular flexibility index (Phi) is 5.96. The van der Waals surface area contributed by atoms with Crippen LogP contribution in [0, 0.1) is 10.1 Å². The highest BCUT2D eigenvalue weighted by atomic mass is 16.6. The van der Waals surface area contributed by atoms with E-state index in [0.29, 0.717) is 17.8 Å². The summed E-state index contributed by atoms with van der Waals surface area (Å²) in [4.78, 5) is 24.2. The fourth-order valence-electron chi connectivity index (χ4n) is 1.95. The highest BCUT2D eigenvalue weighted by Crippen LogP contribution is 2.25. The molecular formula is C14H21N3O3. The van der Waals surface area contributed by atoms with Gasteiger partial charge in [0.15, 0.2) is 0 Å². The number of anilines is 1. The van der Waals surface area contributed by atoms with Crippen LogP contribution in [0.15, 0.2) is 18.2 Å². The number of nitrogens with zero attached hydrogens (tertiary/aromatic N) is 2. The normalized spacial score (nSPS) is 10.2. The van der Waals surface area contributed by atoms with Gasteiger partial charge in [0.25, 0.3) is 11.6 Å². The molecule has 0 saturated heterocycles. The molecule has 0 aliphatic rings. The first-order valence-corrected chi connectivity index (χ1v) is 6.73. The molecule has 0 aromatic heterocycles. The summed E-state index contributed by atoms with van der Waals surface area (Å²) in [5.74, 6) is -0.118. The van der Waals surface area contributed by atoms with Crippen LogP contribution in [0.5, 0.6) is 0 Å². The Bertz CT molecular complexity index is 489. The predicted octanol–water partition coefficient (Wildman–Crippen LogP) is 2.90. The number of amides is 1. The van der Waals surface area contributed by atoms with Crippen LogP contribution in [0.2, 0.25) is 0 Å². The van der Waals surface area contributed by atoms with Crippen molar-refractivity contribution in [3.63, 3.8) is 0 Å². The van der Waals surface area contributed by atoms with E-state index in [1.165, 1.54) is 18.2 Å². The Morgan fingerprint density at radius 1 is 1.40 bits per heavy atom. The predicted molar refractivity (Wildman–Crippen MR) is 79.1 cm³/mol. The maximum atomic E-state index is 12.2. The van der Waals surface area contributed by atoms with E-state index < -0.39 is 4.92 Å². The zero-order valence-electron chi connectivity index (χ0n) is 12.2. The molecule has 0 atom stereocenters. The number of carbonyl (C=O) groups is 1. The van der Waals surface area contributed by atoms with Crippen LogP contribution in [-0.2, 0) is 0 Å². The lowest BCUT2D eigenvalue weighted by molar-refractivity contribution is -0.383. The molecule has 0 fully saturated rings. The Balaban J connectivity index is 2.85. The van der Waals surface area contributed by atoms with Crippen LogP contribution in [-0.4, -0.2) is 36.4 Å². The maximum absolute atomic E-state index is 12.2. The summed E-state index contributed by atoms with van der Waals surface area (Å²) in [6.45, 7) is 2.80. The lowest BCUT2D eigenvalue weighted by Crippen LogP contribution is -2.27. The first kappa shape index (κ1) is 15.9. The van der Waals surface area contributed by atoms with E-state index in [4.69, 9.17) is 0 Å². The molecule has 1 N–H and O–H groups in total. The average molecular weight is 279 g/mol. The summed E-state index contributed by atoms with van der Waals surface area (Å²) in [6, 6.07) is 4.38. The minimum absolute atomic E-state index is 0.0299. The quantitative estimate of drug-likeness (QED) is 0.473. The largest absolute Gasteiger partial charge is 0.383 e. The SMILES string of the molecule is CCCCCN(C)C(=O)c1ccc([N+](=O)[O-])c(NC)c1. The second kappa shape index (κ2) is 7.47. The van der Waals surface area contributed by atoms with Gasteiger partial charge in [-0.15, -0.1) is 0 Å². The van der Waals surface area contributed by atoms with E-state index >= 15 is 0 Å². The first-order valence-electron chi connectivity index (χ1n) is 6.73. The molecule has 0 spiro atoms. The molecule has 0 aliphatic heterocycles. The molecule has 110 valence electrons. The summed E-state index contributed by atoms with van der Waals surface area (Å²) in [7, 11) is 3.35. The van der Waals surface area contributed by atoms with Gasteiger partial charge in [-0.25, -0.2) is 0 Å². The Morgan fingerprint density at radius 2 is 2.10 bits per heavy atom. The van der Waals surface area contributed by atoms with Crippen molar-refractivity contribution in [3.05, 3.63) is 33.9 Å². The topological polar surface area (TPSA) is 75.5 Å². The second-order valence-electron chi connectivity index (χ2n) is 4.67. The van der Waals surface area contributed by atoms with Gasteiger partial charge >= 0.3 is 0 Å². The number of nitro groups is 1. The van der Waals surface area contributed by atoms with E-state index in [2.05, 4.69) is 12.2 Å². The highest BCUT2D eigenvalue weighted by Gasteiger charge is 2.17. The molecule has 6 nitrogen and oxygen atoms in total. The van der Waals surface area contributed by atoms with Crippen molar-refractivity contribution in [3.8, 4) is 0 Å². The van der Waals surface area contributed by atoms with Crippen LogP contribution in [0.3, 0.4) is 0 Å². The van der Waals surface area contributed by atoms with Crippen molar-refractivity contribution in [2.45, 2.75) is 26.2 Å². The van der Waals surface area contributed by atoms with Gasteiger partial charge in [0, 0.05) is 32.3 Å². The second-order valence-corrected chi connectivity index (χ2v) is 4.67. The average Bonchev–Trinajstić information content (AvgIpc) is 2.45. The molecule has 20 heavy (non-hydrogen) atoms. The Hall–Kier alpha value is -2.11. The van der Waals surface area contributed by atoms with Gasteiger partial charge in [-0.05, 0) is 18.6 Å². The summed E-state index contributed by atoms with van der Waals surface area (Å²) < 4.78 is 0. The van der Waals surface area contributed by atoms with E-state index in [1.807, 2.05) is 0 Å². The molecular weight excluding hydrogens is 258 g/mol. The van der Waals surface area contributed by atoms with Crippen molar-refractivity contribution in [1.29, 1.82) is 0 Å². The molecule has 0 unspecified atom stereocenters. The summed E-state index contributed by atoms with van der Waals surface area (Å²) >= 11 is 0. The molecule has 1 aromatic rings. The fourth-order valence-corrected chi connectivity index (χ4v) is 1.95. The number of hydrogen-bond acceptors (Lipinski definition) is 4. The summed E-state index contributed by atoms with van der Waals surface area (Å²) in [5, 5.41) is 13.6. The smallest absolute Gasteiger partial charge is 0.292 e. The molecule has 1 amide bonds. The molecule has 1 rings (SSSR count). The third-order valence-corrected chi connectivity index (χ3v) is 3.15. The molecule has 1 aromatic carbocycles. The van der Waals surface area contributed by atoms with Gasteiger partial charge in [-0.2, -0.15) is 0 Å². The standard InChI is InChI=1S/C14H21N3O3/c1-4-5-6-9-16(3)14(18)11-7-8-13(17(19)20)12(10-11)15-2/h7-8,10,15H,4-6,9H2,1-3H3. The van der Waals surface area contributed by atoms with Gasteiger partial charge in [0.05, 0.1) is 4.92 Å². The van der Waals surface area contributed by atoms with Crippen molar-refractivity contribution in [2.24, 2.45) is 0 Å². The van der Waals surface area contributed by atoms with Crippen molar-refractivity contribution in [1.82, 2.24) is 4.90 Å². The van der Waals surface area contributed by atoms with Gasteiger partial charge in [0.1, 0.15) is 5.69 Å². The van der Waals surface area contributed by atoms with Crippen LogP contribution < -0.4 is 5.32 Å². The maximum Gasteiger partial charge on any atom is 0.292 e. The van der Waals surface area contributed by atoms with Gasteiger partial charge in [-0.3, -0.25) is 14.9 Å². The Morgan fingerprint density at radius 3 is 2.65 bits per heavy atom. The number of carbonyl (C=O) groups excluding carboxylic acids is 1. The van der Waals surface area contributed by atoms with Crippen molar-refractivity contribution >= 4 is 17.3 Å². The molecule has 0 radical (unpaired) electrons. The Labute approximate surface area is 118 Å². The van der Waals surface area contributed by atoms with Crippen LogP contribution in [0.4, 0.5) is 11.4 Å². The van der Waals surface area contributed by atoms with E-state index in [1.54, 1.807) is 19.0 Å². The molecule has 0 saturated carbocycles. The van der Waals surface area contributed by atoms with Crippen LogP contribution in [0.1, 0.15) is 36.5 Å². The monoisotopic (exact) mass is 279 g/mol. The molecule has 0 heterocycles. The first-order chi connectivity index (χ1) is 9.51. The molecule has 6 heteroatoms. The van der Waals surface area contributed by atoms with Crippen LogP contribution in [0.25, 0.3) is 0 Å². The minimum atomic E-state index is -0.467. The summed E-state index contributed by atoms with van der Waals surface area (Å²) in [5.41, 5.74) is 0.777. The fraction of sp³-hybridized carbons (Fsp3) is 0.500. The third-order valence-electron chi connectivity index (χ3n) is 3.15. The van der Waals surface area contributed by atoms with Crippen molar-refractivity contribution < 1.29 is 9.72 Å². The number of rotatable bonds is 7. The van der Waals surface area contributed by atoms with Gasteiger partial charge in [-0.1, -0.05) is 19.8 Å². The number of nitrogens with one attached hydrogen (secondary N) is 1. The van der Waals surface area contributed by atoms with E-state index in [-0.39, 0.29) is 11.6 Å². The number of hydrogen-bond donors (Lipinski definition) is 1. The van der Waals surface area contributed by atoms with E-state index in [9.17, 15) is 14.9 Å². The van der Waals surface area contributed by atoms with Gasteiger partial charge < -0.3 is 10.2 Å². The number of benzene rings is 1. The van der Waals surface area contributed by atoms with Crippen molar-refractivity contribution in [2.75, 3.05) is 26.0 Å². The van der Waals surface area contributed by atoms with Crippen LogP contribution >= 0.6 is 0 Å². The van der Waals surface area contributed by atoms with E-state index in [0.717, 1.165) is 19.3 Å². The lowest BCUT2D eigenvalue weighted by atomic mass is 10.1. The minimum Gasteiger partial charge on any atom is -0.383 e. The zero-order chi connectivity index (χ0) is 15.1. The highest BCUT2D eigenvalue weighted by molar-refractivity contribution is 5.95. The number of unbranched alkanes of at least 4 members (excludes halogenated alkanes) is 2. The summed E-state index contributed by atoms with van der Waals surface area (Å²) in [6.07, 6.45) is 3.15. The molecule has 0 aliphatic carbocycles. The number of nitro benzene ring substituents is 1. The van der Waals surface area contributed by atoms with Gasteiger partial charge in [0.2, 0.25) is 0 Å². The zero-order valence-corrected chi connectivity index (χ0v) is 12.2.